The molecule has 6 nitrogen and oxygen atoms in total. The number of hydrogen-bond acceptors (Lipinski definition) is 6. The molecule has 14 heavy (non-hydrogen) atoms. The highest BCUT2D eigenvalue weighted by Gasteiger charge is 2.25. The summed E-state index contributed by atoms with van der Waals surface area (Å²) in [6, 6.07) is 0. The van der Waals surface area contributed by atoms with Gasteiger partial charge in [0.1, 0.15) is 0 Å². The molecule has 0 spiro atoms. The summed E-state index contributed by atoms with van der Waals surface area (Å²) in [5.74, 6) is -1.27. The maximum Gasteiger partial charge on any atom is 0.367 e. The van der Waals surface area contributed by atoms with Gasteiger partial charge in [-0.3, -0.25) is 0 Å². The molecule has 8 heteroatoms. The Morgan fingerprint density at radius 2 is 2.00 bits per heavy atom. The topological polar surface area (TPSA) is 97.2 Å². The van der Waals surface area contributed by atoms with E-state index in [1.807, 2.05) is 0 Å². The van der Waals surface area contributed by atoms with E-state index in [9.17, 15) is 13.2 Å². The van der Waals surface area contributed by atoms with Crippen molar-refractivity contribution in [3.63, 3.8) is 0 Å². The van der Waals surface area contributed by atoms with E-state index in [4.69, 9.17) is 5.11 Å². The zero-order valence-electron chi connectivity index (χ0n) is 7.46. The molecule has 0 aliphatic heterocycles. The molecule has 0 aliphatic carbocycles. The minimum Gasteiger partial charge on any atom is -0.476 e. The predicted octanol–water partition coefficient (Wildman–Crippen LogP) is 0.418. The molecule has 0 radical (unpaired) electrons. The van der Waals surface area contributed by atoms with Crippen LogP contribution in [0.1, 0.15) is 23.6 Å². The number of nitrogens with zero attached hydrogens (tertiary/aromatic N) is 2. The first kappa shape index (κ1) is 11.1. The van der Waals surface area contributed by atoms with Crippen LogP contribution in [0.15, 0.2) is 4.34 Å². The van der Waals surface area contributed by atoms with Gasteiger partial charge in [-0.2, -0.15) is 0 Å². The lowest BCUT2D eigenvalue weighted by atomic mass is 10.6. The number of aromatic carboxylic acids is 1. The minimum atomic E-state index is -3.51. The Kier molecular flexibility index (Phi) is 2.86. The van der Waals surface area contributed by atoms with Crippen LogP contribution in [0.5, 0.6) is 0 Å². The molecular weight excluding hydrogens is 228 g/mol. The zero-order valence-corrected chi connectivity index (χ0v) is 9.09. The first-order chi connectivity index (χ1) is 6.35. The molecule has 0 amide bonds. The molecular formula is C6H8N2O4S2. The van der Waals surface area contributed by atoms with Crippen LogP contribution >= 0.6 is 11.3 Å². The van der Waals surface area contributed by atoms with Gasteiger partial charge in [0.25, 0.3) is 0 Å². The third-order valence-electron chi connectivity index (χ3n) is 1.45. The Hall–Kier alpha value is -1.02. The number of carboxylic acid groups (broad SMARTS) is 1. The van der Waals surface area contributed by atoms with Crippen molar-refractivity contribution in [1.29, 1.82) is 0 Å². The number of sulfone groups is 1. The van der Waals surface area contributed by atoms with Crippen LogP contribution in [0.4, 0.5) is 0 Å². The summed E-state index contributed by atoms with van der Waals surface area (Å²) in [5, 5.41) is 14.2. The first-order valence-electron chi connectivity index (χ1n) is 3.66. The van der Waals surface area contributed by atoms with E-state index in [2.05, 4.69) is 10.2 Å². The molecule has 0 unspecified atom stereocenters. The number of aromatic nitrogens is 2. The molecule has 1 aromatic rings. The minimum absolute atomic E-state index is 0.245. The SMILES string of the molecule is CC(C)S(=O)(=O)c1nnc(C(=O)O)s1. The van der Waals surface area contributed by atoms with Crippen LogP contribution in [-0.4, -0.2) is 34.9 Å². The molecule has 1 rings (SSSR count). The van der Waals surface area contributed by atoms with E-state index < -0.39 is 21.1 Å². The summed E-state index contributed by atoms with van der Waals surface area (Å²) < 4.78 is 22.7. The van der Waals surface area contributed by atoms with Gasteiger partial charge in [-0.15, -0.1) is 10.2 Å². The van der Waals surface area contributed by atoms with E-state index in [0.717, 1.165) is 0 Å². The smallest absolute Gasteiger partial charge is 0.367 e. The summed E-state index contributed by atoms with van der Waals surface area (Å²) in [4.78, 5) is 10.4. The van der Waals surface area contributed by atoms with Gasteiger partial charge in [0, 0.05) is 0 Å². The Bertz CT molecular complexity index is 448. The molecule has 0 aliphatic rings. The highest BCUT2D eigenvalue weighted by atomic mass is 32.2. The van der Waals surface area contributed by atoms with Gasteiger partial charge in [0.15, 0.2) is 0 Å². The Balaban J connectivity index is 3.16. The third-order valence-corrected chi connectivity index (χ3v) is 4.92. The third kappa shape index (κ3) is 1.90. The quantitative estimate of drug-likeness (QED) is 0.816. The molecule has 78 valence electrons. The molecule has 0 atom stereocenters. The Morgan fingerprint density at radius 1 is 1.43 bits per heavy atom. The molecule has 1 N–H and O–H groups in total. The van der Waals surface area contributed by atoms with Crippen LogP contribution in [0, 0.1) is 0 Å². The highest BCUT2D eigenvalue weighted by molar-refractivity contribution is 7.93. The summed E-state index contributed by atoms with van der Waals surface area (Å²) >= 11 is 0.567. The molecule has 0 aromatic carbocycles. The van der Waals surface area contributed by atoms with E-state index in [1.165, 1.54) is 13.8 Å². The summed E-state index contributed by atoms with van der Waals surface area (Å²) in [6.45, 7) is 2.99. The largest absolute Gasteiger partial charge is 0.476 e. The van der Waals surface area contributed by atoms with Gasteiger partial charge >= 0.3 is 5.97 Å². The maximum absolute atomic E-state index is 11.5. The van der Waals surface area contributed by atoms with E-state index >= 15 is 0 Å². The van der Waals surface area contributed by atoms with E-state index in [-0.39, 0.29) is 9.35 Å². The van der Waals surface area contributed by atoms with Gasteiger partial charge in [0.05, 0.1) is 5.25 Å². The van der Waals surface area contributed by atoms with Gasteiger partial charge in [0.2, 0.25) is 19.2 Å². The summed E-state index contributed by atoms with van der Waals surface area (Å²) in [5.41, 5.74) is 0. The lowest BCUT2D eigenvalue weighted by Crippen LogP contribution is -2.13. The van der Waals surface area contributed by atoms with Crippen molar-refractivity contribution in [3.8, 4) is 0 Å². The predicted molar refractivity (Wildman–Crippen MR) is 49.2 cm³/mol. The van der Waals surface area contributed by atoms with Crippen LogP contribution < -0.4 is 0 Å². The van der Waals surface area contributed by atoms with Crippen molar-refractivity contribution in [3.05, 3.63) is 5.01 Å². The van der Waals surface area contributed by atoms with Crippen molar-refractivity contribution >= 4 is 27.1 Å². The van der Waals surface area contributed by atoms with Gasteiger partial charge < -0.3 is 5.11 Å². The molecule has 1 aromatic heterocycles. The summed E-state index contributed by atoms with van der Waals surface area (Å²) in [7, 11) is -3.51. The fraction of sp³-hybridized carbons (Fsp3) is 0.500. The molecule has 1 heterocycles. The number of carboxylic acids is 1. The van der Waals surface area contributed by atoms with Crippen LogP contribution in [0.25, 0.3) is 0 Å². The molecule has 0 saturated heterocycles. The van der Waals surface area contributed by atoms with E-state index in [1.54, 1.807) is 0 Å². The highest BCUT2D eigenvalue weighted by Crippen LogP contribution is 2.19. The number of carbonyl (C=O) groups is 1. The summed E-state index contributed by atoms with van der Waals surface area (Å²) in [6.07, 6.45) is 0. The Labute approximate surface area is 84.5 Å². The van der Waals surface area contributed by atoms with Crippen molar-refractivity contribution in [2.24, 2.45) is 0 Å². The number of rotatable bonds is 3. The van der Waals surface area contributed by atoms with Gasteiger partial charge in [-0.05, 0) is 13.8 Å². The standard InChI is InChI=1S/C6H8N2O4S2/c1-3(2)14(11,12)6-8-7-4(13-6)5(9)10/h3H,1-2H3,(H,9,10). The maximum atomic E-state index is 11.5. The fourth-order valence-electron chi connectivity index (χ4n) is 0.613. The van der Waals surface area contributed by atoms with Crippen molar-refractivity contribution in [2.75, 3.05) is 0 Å². The second-order valence-electron chi connectivity index (χ2n) is 2.77. The lowest BCUT2D eigenvalue weighted by molar-refractivity contribution is 0.0695. The number of hydrogen-bond donors (Lipinski definition) is 1. The zero-order chi connectivity index (χ0) is 10.9. The van der Waals surface area contributed by atoms with Crippen LogP contribution in [-0.2, 0) is 9.84 Å². The molecule has 0 saturated carbocycles. The second-order valence-corrected chi connectivity index (χ2v) is 6.43. The second kappa shape index (κ2) is 3.62. The normalized spacial score (nSPS) is 11.9. The average Bonchev–Trinajstić information content (AvgIpc) is 2.51. The van der Waals surface area contributed by atoms with Crippen LogP contribution in [0.3, 0.4) is 0 Å². The lowest BCUT2D eigenvalue weighted by Gasteiger charge is -2.01. The molecule has 0 fully saturated rings. The van der Waals surface area contributed by atoms with E-state index in [0.29, 0.717) is 11.3 Å². The fourth-order valence-corrected chi connectivity index (χ4v) is 2.87. The Morgan fingerprint density at radius 3 is 2.36 bits per heavy atom. The van der Waals surface area contributed by atoms with Crippen molar-refractivity contribution < 1.29 is 18.3 Å². The van der Waals surface area contributed by atoms with Crippen molar-refractivity contribution in [2.45, 2.75) is 23.4 Å². The van der Waals surface area contributed by atoms with Crippen LogP contribution in [0.2, 0.25) is 0 Å². The van der Waals surface area contributed by atoms with Gasteiger partial charge in [-0.1, -0.05) is 11.3 Å². The first-order valence-corrected chi connectivity index (χ1v) is 6.02. The van der Waals surface area contributed by atoms with Crippen molar-refractivity contribution in [1.82, 2.24) is 10.2 Å². The monoisotopic (exact) mass is 236 g/mol. The average molecular weight is 236 g/mol. The molecule has 0 bridgehead atoms. The van der Waals surface area contributed by atoms with Gasteiger partial charge in [-0.25, -0.2) is 13.2 Å².